The fraction of sp³-hybridized carbons (Fsp3) is 0.263. The number of ether oxygens (including phenoxy) is 2. The van der Waals surface area contributed by atoms with Crippen molar-refractivity contribution >= 4 is 28.3 Å². The highest BCUT2D eigenvalue weighted by Gasteiger charge is 2.11. The summed E-state index contributed by atoms with van der Waals surface area (Å²) in [6.45, 7) is 9.10. The van der Waals surface area contributed by atoms with E-state index in [1.165, 1.54) is 11.1 Å². The maximum absolute atomic E-state index is 5.69. The monoisotopic (exact) mass is 423 g/mol. The molecule has 122 valence electrons. The summed E-state index contributed by atoms with van der Waals surface area (Å²) in [6.07, 6.45) is 1.73. The molecule has 0 aliphatic rings. The lowest BCUT2D eigenvalue weighted by Gasteiger charge is -2.15. The Labute approximate surface area is 151 Å². The van der Waals surface area contributed by atoms with E-state index in [-0.39, 0.29) is 0 Å². The normalized spacial score (nSPS) is 10.3. The van der Waals surface area contributed by atoms with Gasteiger partial charge in [0, 0.05) is 12.2 Å². The summed E-state index contributed by atoms with van der Waals surface area (Å²) < 4.78 is 12.2. The van der Waals surface area contributed by atoms with Crippen molar-refractivity contribution in [3.05, 3.63) is 63.2 Å². The summed E-state index contributed by atoms with van der Waals surface area (Å²) in [5.74, 6) is 1.51. The summed E-state index contributed by atoms with van der Waals surface area (Å²) in [5, 5.41) is 3.48. The second kappa shape index (κ2) is 8.24. The SMILES string of the molecule is C=CCOc1c(I)cc(CNc2ccc(C)cc2C)cc1OC. The maximum atomic E-state index is 5.69. The van der Waals surface area contributed by atoms with E-state index >= 15 is 0 Å². The Kier molecular flexibility index (Phi) is 6.33. The molecule has 0 saturated heterocycles. The molecule has 0 radical (unpaired) electrons. The van der Waals surface area contributed by atoms with Crippen LogP contribution in [0, 0.1) is 17.4 Å². The fourth-order valence-electron chi connectivity index (χ4n) is 2.37. The molecule has 1 N–H and O–H groups in total. The first-order valence-corrected chi connectivity index (χ1v) is 8.54. The fourth-order valence-corrected chi connectivity index (χ4v) is 3.19. The lowest BCUT2D eigenvalue weighted by atomic mass is 10.1. The molecule has 0 spiro atoms. The number of rotatable bonds is 7. The second-order valence-corrected chi connectivity index (χ2v) is 6.54. The van der Waals surface area contributed by atoms with Gasteiger partial charge in [0.2, 0.25) is 0 Å². The van der Waals surface area contributed by atoms with Crippen LogP contribution in [0.1, 0.15) is 16.7 Å². The minimum atomic E-state index is 0.465. The number of benzene rings is 2. The largest absolute Gasteiger partial charge is 0.493 e. The van der Waals surface area contributed by atoms with E-state index in [0.717, 1.165) is 32.9 Å². The Hall–Kier alpha value is -1.69. The van der Waals surface area contributed by atoms with Crippen LogP contribution in [0.15, 0.2) is 43.0 Å². The molecular weight excluding hydrogens is 401 g/mol. The third kappa shape index (κ3) is 4.64. The van der Waals surface area contributed by atoms with Crippen molar-refractivity contribution in [2.45, 2.75) is 20.4 Å². The van der Waals surface area contributed by atoms with E-state index < -0.39 is 0 Å². The number of aryl methyl sites for hydroxylation is 2. The molecule has 0 aliphatic heterocycles. The van der Waals surface area contributed by atoms with Crippen molar-refractivity contribution < 1.29 is 9.47 Å². The minimum absolute atomic E-state index is 0.465. The van der Waals surface area contributed by atoms with Crippen LogP contribution in [0.5, 0.6) is 11.5 Å². The Morgan fingerprint density at radius 3 is 2.65 bits per heavy atom. The number of hydrogen-bond acceptors (Lipinski definition) is 3. The van der Waals surface area contributed by atoms with Crippen LogP contribution in [0.2, 0.25) is 0 Å². The summed E-state index contributed by atoms with van der Waals surface area (Å²) in [6, 6.07) is 10.5. The predicted molar refractivity (Wildman–Crippen MR) is 105 cm³/mol. The number of hydrogen-bond donors (Lipinski definition) is 1. The molecule has 4 heteroatoms. The first kappa shape index (κ1) is 17.7. The Morgan fingerprint density at radius 2 is 2.00 bits per heavy atom. The van der Waals surface area contributed by atoms with Gasteiger partial charge in [-0.3, -0.25) is 0 Å². The van der Waals surface area contributed by atoms with Crippen molar-refractivity contribution in [2.75, 3.05) is 19.0 Å². The first-order valence-electron chi connectivity index (χ1n) is 7.46. The van der Waals surface area contributed by atoms with Gasteiger partial charge in [0.1, 0.15) is 6.61 Å². The van der Waals surface area contributed by atoms with Crippen molar-refractivity contribution in [1.82, 2.24) is 0 Å². The molecule has 0 aromatic heterocycles. The van der Waals surface area contributed by atoms with E-state index in [1.54, 1.807) is 13.2 Å². The molecule has 0 saturated carbocycles. The molecular formula is C19H22INO2. The van der Waals surface area contributed by atoms with Gasteiger partial charge in [-0.15, -0.1) is 0 Å². The standard InChI is InChI=1S/C19H22INO2/c1-5-8-23-19-16(20)10-15(11-18(19)22-4)12-21-17-7-6-13(2)9-14(17)3/h5-7,9-11,21H,1,8,12H2,2-4H3. The van der Waals surface area contributed by atoms with Gasteiger partial charge in [-0.1, -0.05) is 30.4 Å². The topological polar surface area (TPSA) is 30.5 Å². The molecule has 0 heterocycles. The number of nitrogens with one attached hydrogen (secondary N) is 1. The maximum Gasteiger partial charge on any atom is 0.174 e. The molecule has 2 rings (SSSR count). The van der Waals surface area contributed by atoms with Crippen LogP contribution in [0.3, 0.4) is 0 Å². The number of halogens is 1. The van der Waals surface area contributed by atoms with E-state index in [2.05, 4.69) is 72.6 Å². The summed E-state index contributed by atoms with van der Waals surface area (Å²) >= 11 is 2.27. The second-order valence-electron chi connectivity index (χ2n) is 5.38. The number of methoxy groups -OCH3 is 1. The highest BCUT2D eigenvalue weighted by atomic mass is 127. The van der Waals surface area contributed by atoms with Crippen molar-refractivity contribution in [1.29, 1.82) is 0 Å². The van der Waals surface area contributed by atoms with Crippen LogP contribution < -0.4 is 14.8 Å². The molecule has 0 aliphatic carbocycles. The zero-order valence-corrected chi connectivity index (χ0v) is 15.9. The lowest BCUT2D eigenvalue weighted by Crippen LogP contribution is -2.04. The summed E-state index contributed by atoms with van der Waals surface area (Å²) in [5.41, 5.74) is 4.82. The molecule has 2 aromatic rings. The highest BCUT2D eigenvalue weighted by Crippen LogP contribution is 2.34. The van der Waals surface area contributed by atoms with Gasteiger partial charge in [-0.2, -0.15) is 0 Å². The summed E-state index contributed by atoms with van der Waals surface area (Å²) in [7, 11) is 1.66. The van der Waals surface area contributed by atoms with Crippen LogP contribution >= 0.6 is 22.6 Å². The van der Waals surface area contributed by atoms with Crippen LogP contribution in [-0.2, 0) is 6.54 Å². The molecule has 3 nitrogen and oxygen atoms in total. The molecule has 0 unspecified atom stereocenters. The molecule has 0 amide bonds. The number of anilines is 1. The van der Waals surface area contributed by atoms with Gasteiger partial charge < -0.3 is 14.8 Å². The van der Waals surface area contributed by atoms with Gasteiger partial charge in [-0.05, 0) is 65.8 Å². The third-order valence-electron chi connectivity index (χ3n) is 3.50. The Morgan fingerprint density at radius 1 is 1.22 bits per heavy atom. The Bertz CT molecular complexity index is 698. The van der Waals surface area contributed by atoms with Crippen LogP contribution in [-0.4, -0.2) is 13.7 Å². The Balaban J connectivity index is 2.16. The highest BCUT2D eigenvalue weighted by molar-refractivity contribution is 14.1. The zero-order chi connectivity index (χ0) is 16.8. The van der Waals surface area contributed by atoms with Crippen LogP contribution in [0.4, 0.5) is 5.69 Å². The average molecular weight is 423 g/mol. The molecule has 0 atom stereocenters. The van der Waals surface area contributed by atoms with E-state index in [9.17, 15) is 0 Å². The molecule has 0 fully saturated rings. The molecule has 0 bridgehead atoms. The predicted octanol–water partition coefficient (Wildman–Crippen LogP) is 5.09. The third-order valence-corrected chi connectivity index (χ3v) is 4.30. The van der Waals surface area contributed by atoms with Crippen molar-refractivity contribution in [3.8, 4) is 11.5 Å². The van der Waals surface area contributed by atoms with E-state index in [4.69, 9.17) is 9.47 Å². The molecule has 23 heavy (non-hydrogen) atoms. The van der Waals surface area contributed by atoms with Gasteiger partial charge >= 0.3 is 0 Å². The summed E-state index contributed by atoms with van der Waals surface area (Å²) in [4.78, 5) is 0. The smallest absolute Gasteiger partial charge is 0.174 e. The van der Waals surface area contributed by atoms with Gasteiger partial charge in [0.05, 0.1) is 10.7 Å². The molecule has 2 aromatic carbocycles. The van der Waals surface area contributed by atoms with Crippen molar-refractivity contribution in [3.63, 3.8) is 0 Å². The van der Waals surface area contributed by atoms with E-state index in [1.807, 2.05) is 6.07 Å². The van der Waals surface area contributed by atoms with Crippen molar-refractivity contribution in [2.24, 2.45) is 0 Å². The average Bonchev–Trinajstić information content (AvgIpc) is 2.52. The zero-order valence-electron chi connectivity index (χ0n) is 13.8. The quantitative estimate of drug-likeness (QED) is 0.497. The lowest BCUT2D eigenvalue weighted by molar-refractivity contribution is 0.324. The van der Waals surface area contributed by atoms with E-state index in [0.29, 0.717) is 6.61 Å². The van der Waals surface area contributed by atoms with Gasteiger partial charge in [0.15, 0.2) is 11.5 Å². The first-order chi connectivity index (χ1) is 11.0. The van der Waals surface area contributed by atoms with Gasteiger partial charge in [-0.25, -0.2) is 0 Å². The van der Waals surface area contributed by atoms with Gasteiger partial charge in [0.25, 0.3) is 0 Å². The van der Waals surface area contributed by atoms with Crippen LogP contribution in [0.25, 0.3) is 0 Å². The minimum Gasteiger partial charge on any atom is -0.493 e.